The van der Waals surface area contributed by atoms with Crippen molar-refractivity contribution in [1.82, 2.24) is 0 Å². The number of likely N-dealkylation sites (N-methyl/N-ethyl adjacent to an activating group) is 1. The number of hydrogen-bond donors (Lipinski definition) is 2. The highest BCUT2D eigenvalue weighted by Gasteiger charge is 2.21. The molecule has 0 spiro atoms. The fraction of sp³-hybridized carbons (Fsp3) is 0.833. The van der Waals surface area contributed by atoms with Crippen molar-refractivity contribution in [2.75, 3.05) is 27.7 Å². The van der Waals surface area contributed by atoms with Crippen molar-refractivity contribution in [3.8, 4) is 0 Å². The molecule has 0 aromatic carbocycles. The van der Waals surface area contributed by atoms with E-state index in [1.165, 1.54) is 0 Å². The van der Waals surface area contributed by atoms with Crippen LogP contribution in [0, 0.1) is 0 Å². The van der Waals surface area contributed by atoms with Gasteiger partial charge in [0.05, 0.1) is 21.1 Å². The highest BCUT2D eigenvalue weighted by Crippen LogP contribution is 1.98. The molecule has 0 radical (unpaired) electrons. The molecule has 1 amide bonds. The lowest BCUT2D eigenvalue weighted by molar-refractivity contribution is -0.918. The van der Waals surface area contributed by atoms with E-state index in [2.05, 4.69) is 4.74 Å². The molecule has 12 heavy (non-hydrogen) atoms. The molecule has 0 aliphatic heterocycles. The van der Waals surface area contributed by atoms with E-state index in [9.17, 15) is 9.90 Å². The number of amides is 1. The Morgan fingerprint density at radius 2 is 2.00 bits per heavy atom. The molecule has 0 bridgehead atoms. The Kier molecular flexibility index (Phi) is 6.06. The number of quaternary nitrogens is 1. The topological polar surface area (TPSA) is 72.6 Å². The zero-order valence-electron chi connectivity index (χ0n) is 7.45. The van der Waals surface area contributed by atoms with Gasteiger partial charge in [0.15, 0.2) is 6.61 Å². The van der Waals surface area contributed by atoms with Crippen LogP contribution in [0.2, 0.25) is 0 Å². The van der Waals surface area contributed by atoms with E-state index >= 15 is 0 Å². The van der Waals surface area contributed by atoms with Gasteiger partial charge in [-0.25, -0.2) is 4.79 Å². The zero-order valence-corrected chi connectivity index (χ0v) is 8.21. The van der Waals surface area contributed by atoms with Gasteiger partial charge in [0.25, 0.3) is 0 Å². The quantitative estimate of drug-likeness (QED) is 0.360. The van der Waals surface area contributed by atoms with Crippen molar-refractivity contribution in [2.24, 2.45) is 5.73 Å². The van der Waals surface area contributed by atoms with E-state index in [-0.39, 0.29) is 19.0 Å². The van der Waals surface area contributed by atoms with Gasteiger partial charge in [-0.05, 0) is 0 Å². The lowest BCUT2D eigenvalue weighted by Gasteiger charge is -2.28. The van der Waals surface area contributed by atoms with E-state index in [1.54, 1.807) is 21.1 Å². The van der Waals surface area contributed by atoms with Crippen molar-refractivity contribution in [1.29, 1.82) is 0 Å². The molecular formula is C6H15ClN2O3. The fourth-order valence-corrected chi connectivity index (χ4v) is 0.380. The van der Waals surface area contributed by atoms with Crippen LogP contribution in [0.4, 0.5) is 4.79 Å². The summed E-state index contributed by atoms with van der Waals surface area (Å²) in [4.78, 5) is 10.1. The van der Waals surface area contributed by atoms with Crippen molar-refractivity contribution in [3.63, 3.8) is 0 Å². The molecule has 0 aliphatic carbocycles. The average molecular weight is 199 g/mol. The molecule has 0 rings (SSSR count). The Bertz CT molecular complexity index is 146. The SMILES string of the molecule is C[N+](C)(C)C(O)COC(N)=O.[Cl-]. The molecule has 0 aromatic rings. The van der Waals surface area contributed by atoms with Crippen LogP contribution < -0.4 is 18.1 Å². The summed E-state index contributed by atoms with van der Waals surface area (Å²) in [6.07, 6.45) is -1.60. The molecule has 0 heterocycles. The molecule has 0 saturated heterocycles. The highest BCUT2D eigenvalue weighted by atomic mass is 35.5. The minimum atomic E-state index is -0.863. The average Bonchev–Trinajstić information content (AvgIpc) is 1.80. The van der Waals surface area contributed by atoms with Gasteiger partial charge in [0, 0.05) is 0 Å². The molecule has 1 atom stereocenters. The Morgan fingerprint density at radius 1 is 1.58 bits per heavy atom. The predicted octanol–water partition coefficient (Wildman–Crippen LogP) is -3.89. The van der Waals surface area contributed by atoms with Gasteiger partial charge >= 0.3 is 6.09 Å². The number of carbonyl (C=O) groups excluding carboxylic acids is 1. The predicted molar refractivity (Wildman–Crippen MR) is 39.6 cm³/mol. The first kappa shape index (κ1) is 14.0. The fourth-order valence-electron chi connectivity index (χ4n) is 0.380. The summed E-state index contributed by atoms with van der Waals surface area (Å²) in [5, 5.41) is 9.27. The number of nitrogens with two attached hydrogens (primary N) is 1. The van der Waals surface area contributed by atoms with Crippen molar-refractivity contribution < 1.29 is 31.5 Å². The second kappa shape index (κ2) is 5.18. The monoisotopic (exact) mass is 198 g/mol. The van der Waals surface area contributed by atoms with Crippen LogP contribution in [0.15, 0.2) is 0 Å². The number of halogens is 1. The zero-order chi connectivity index (χ0) is 9.07. The summed E-state index contributed by atoms with van der Waals surface area (Å²) >= 11 is 0. The first-order chi connectivity index (χ1) is 4.84. The number of aliphatic hydroxyl groups is 1. The molecule has 0 aliphatic rings. The maximum absolute atomic E-state index is 10.1. The van der Waals surface area contributed by atoms with Crippen LogP contribution in [0.5, 0.6) is 0 Å². The summed E-state index contributed by atoms with van der Waals surface area (Å²) in [5.74, 6) is 0. The number of carbonyl (C=O) groups is 1. The third-order valence-corrected chi connectivity index (χ3v) is 1.27. The molecule has 0 saturated carbocycles. The molecule has 0 fully saturated rings. The molecule has 6 heteroatoms. The molecule has 0 aromatic heterocycles. The Labute approximate surface area is 78.1 Å². The molecule has 74 valence electrons. The Hall–Kier alpha value is -0.520. The molecule has 1 unspecified atom stereocenters. The third-order valence-electron chi connectivity index (χ3n) is 1.27. The largest absolute Gasteiger partial charge is 1.00 e. The van der Waals surface area contributed by atoms with Gasteiger partial charge in [-0.2, -0.15) is 0 Å². The lowest BCUT2D eigenvalue weighted by Crippen LogP contribution is -3.00. The number of hydrogen-bond acceptors (Lipinski definition) is 3. The van der Waals surface area contributed by atoms with Gasteiger partial charge in [0.2, 0.25) is 6.23 Å². The van der Waals surface area contributed by atoms with Crippen LogP contribution in [0.25, 0.3) is 0 Å². The molecular weight excluding hydrogens is 184 g/mol. The maximum atomic E-state index is 10.1. The summed E-state index contributed by atoms with van der Waals surface area (Å²) < 4.78 is 4.72. The van der Waals surface area contributed by atoms with E-state index in [0.717, 1.165) is 0 Å². The summed E-state index contributed by atoms with van der Waals surface area (Å²) in [6.45, 7) is -0.0706. The number of aliphatic hydroxyl groups excluding tert-OH is 1. The standard InChI is InChI=1S/C6H14N2O3.ClH/c1-8(2,3)5(9)4-11-6(7)10;/h5,9H,4H2,1-3H3,(H-,7,10);1H. The van der Waals surface area contributed by atoms with Crippen LogP contribution in [0.3, 0.4) is 0 Å². The second-order valence-electron chi connectivity index (χ2n) is 3.23. The van der Waals surface area contributed by atoms with E-state index < -0.39 is 12.3 Å². The van der Waals surface area contributed by atoms with Crippen LogP contribution in [-0.4, -0.2) is 49.7 Å². The lowest BCUT2D eigenvalue weighted by atomic mass is 10.5. The minimum absolute atomic E-state index is 0. The van der Waals surface area contributed by atoms with Crippen LogP contribution in [0.1, 0.15) is 0 Å². The van der Waals surface area contributed by atoms with Crippen molar-refractivity contribution in [2.45, 2.75) is 6.23 Å². The smallest absolute Gasteiger partial charge is 0.404 e. The Morgan fingerprint density at radius 3 is 2.25 bits per heavy atom. The van der Waals surface area contributed by atoms with Crippen molar-refractivity contribution >= 4 is 6.09 Å². The summed E-state index contributed by atoms with van der Waals surface area (Å²) in [6, 6.07) is 0. The van der Waals surface area contributed by atoms with Gasteiger partial charge in [-0.3, -0.25) is 0 Å². The molecule has 3 N–H and O–H groups in total. The van der Waals surface area contributed by atoms with E-state index in [1.807, 2.05) is 0 Å². The van der Waals surface area contributed by atoms with Gasteiger partial charge in [-0.1, -0.05) is 0 Å². The van der Waals surface area contributed by atoms with Crippen LogP contribution >= 0.6 is 0 Å². The molecule has 5 nitrogen and oxygen atoms in total. The first-order valence-electron chi connectivity index (χ1n) is 3.25. The number of nitrogens with zero attached hydrogens (tertiary/aromatic N) is 1. The van der Waals surface area contributed by atoms with E-state index in [4.69, 9.17) is 5.73 Å². The van der Waals surface area contributed by atoms with Gasteiger partial charge in [-0.15, -0.1) is 0 Å². The summed E-state index contributed by atoms with van der Waals surface area (Å²) in [5.41, 5.74) is 4.70. The number of primary amides is 1. The normalized spacial score (nSPS) is 13.0. The number of ether oxygens (including phenoxy) is 1. The van der Waals surface area contributed by atoms with Gasteiger partial charge < -0.3 is 32.5 Å². The van der Waals surface area contributed by atoms with Crippen molar-refractivity contribution in [3.05, 3.63) is 0 Å². The second-order valence-corrected chi connectivity index (χ2v) is 3.23. The minimum Gasteiger partial charge on any atom is -1.00 e. The van der Waals surface area contributed by atoms with Crippen LogP contribution in [-0.2, 0) is 4.74 Å². The summed E-state index contributed by atoms with van der Waals surface area (Å²) in [7, 11) is 5.36. The highest BCUT2D eigenvalue weighted by molar-refractivity contribution is 5.64. The van der Waals surface area contributed by atoms with Gasteiger partial charge in [0.1, 0.15) is 0 Å². The first-order valence-corrected chi connectivity index (χ1v) is 3.25. The number of rotatable bonds is 3. The third kappa shape index (κ3) is 6.21. The Balaban J connectivity index is 0. The van der Waals surface area contributed by atoms with E-state index in [0.29, 0.717) is 4.48 Å². The maximum Gasteiger partial charge on any atom is 0.404 e.